The van der Waals surface area contributed by atoms with Gasteiger partial charge in [0.15, 0.2) is 23.1 Å². The lowest BCUT2D eigenvalue weighted by atomic mass is 9.98. The highest BCUT2D eigenvalue weighted by Gasteiger charge is 2.25. The highest BCUT2D eigenvalue weighted by molar-refractivity contribution is 5.78. The van der Waals surface area contributed by atoms with E-state index >= 15 is 0 Å². The molecule has 1 atom stereocenters. The van der Waals surface area contributed by atoms with Gasteiger partial charge < -0.3 is 14.4 Å². The molecular formula is C22H26F2N2O3. The van der Waals surface area contributed by atoms with Crippen molar-refractivity contribution in [1.82, 2.24) is 9.80 Å². The van der Waals surface area contributed by atoms with Gasteiger partial charge in [0.2, 0.25) is 5.91 Å². The van der Waals surface area contributed by atoms with Crippen LogP contribution in [0.25, 0.3) is 0 Å². The van der Waals surface area contributed by atoms with Gasteiger partial charge in [0.25, 0.3) is 0 Å². The number of benzene rings is 2. The Balaban J connectivity index is 1.67. The van der Waals surface area contributed by atoms with Crippen molar-refractivity contribution in [2.45, 2.75) is 25.9 Å². The summed E-state index contributed by atoms with van der Waals surface area (Å²) in [4.78, 5) is 16.5. The number of methoxy groups -OCH3 is 2. The summed E-state index contributed by atoms with van der Waals surface area (Å²) in [5.74, 6) is -0.442. The first kappa shape index (κ1) is 21.0. The van der Waals surface area contributed by atoms with E-state index in [4.69, 9.17) is 9.47 Å². The van der Waals surface area contributed by atoms with Crippen LogP contribution < -0.4 is 9.47 Å². The van der Waals surface area contributed by atoms with Crippen molar-refractivity contribution < 1.29 is 23.0 Å². The van der Waals surface area contributed by atoms with E-state index in [0.717, 1.165) is 23.6 Å². The van der Waals surface area contributed by atoms with Crippen LogP contribution in [-0.2, 0) is 17.8 Å². The highest BCUT2D eigenvalue weighted by atomic mass is 19.2. The number of carbonyl (C=O) groups is 1. The van der Waals surface area contributed by atoms with Gasteiger partial charge in [-0.15, -0.1) is 0 Å². The van der Waals surface area contributed by atoms with Gasteiger partial charge in [-0.3, -0.25) is 9.69 Å². The molecule has 29 heavy (non-hydrogen) atoms. The van der Waals surface area contributed by atoms with E-state index in [1.807, 2.05) is 28.9 Å². The number of nitrogens with zero attached hydrogens (tertiary/aromatic N) is 2. The molecule has 0 bridgehead atoms. The first-order valence-corrected chi connectivity index (χ1v) is 9.50. The van der Waals surface area contributed by atoms with Crippen molar-refractivity contribution in [3.8, 4) is 11.5 Å². The maximum absolute atomic E-state index is 13.5. The predicted octanol–water partition coefficient (Wildman–Crippen LogP) is 3.56. The Morgan fingerprint density at radius 2 is 1.76 bits per heavy atom. The van der Waals surface area contributed by atoms with Gasteiger partial charge in [-0.05, 0) is 61.3 Å². The van der Waals surface area contributed by atoms with E-state index in [1.54, 1.807) is 27.3 Å². The standard InChI is InChI=1S/C22H26F2N2O3/c1-14(15-5-6-18(23)19(24)9-15)25(2)13-22(27)26-8-7-16-10-20(28-3)21(29-4)11-17(16)12-26/h5-6,9-11,14H,7-8,12-13H2,1-4H3. The van der Waals surface area contributed by atoms with Crippen molar-refractivity contribution in [3.63, 3.8) is 0 Å². The van der Waals surface area contributed by atoms with Crippen LogP contribution in [0.4, 0.5) is 8.78 Å². The fourth-order valence-electron chi connectivity index (χ4n) is 3.57. The van der Waals surface area contributed by atoms with Crippen LogP contribution in [0.1, 0.15) is 29.7 Å². The number of likely N-dealkylation sites (N-methyl/N-ethyl adjacent to an activating group) is 1. The maximum Gasteiger partial charge on any atom is 0.237 e. The molecular weight excluding hydrogens is 378 g/mol. The second kappa shape index (κ2) is 8.78. The molecule has 0 aromatic heterocycles. The Kier molecular flexibility index (Phi) is 6.37. The Morgan fingerprint density at radius 1 is 1.10 bits per heavy atom. The molecule has 1 unspecified atom stereocenters. The summed E-state index contributed by atoms with van der Waals surface area (Å²) in [6, 6.07) is 7.49. The van der Waals surface area contributed by atoms with Gasteiger partial charge >= 0.3 is 0 Å². The molecule has 1 amide bonds. The first-order chi connectivity index (χ1) is 13.8. The summed E-state index contributed by atoms with van der Waals surface area (Å²) >= 11 is 0. The van der Waals surface area contributed by atoms with Gasteiger partial charge in [-0.2, -0.15) is 0 Å². The van der Waals surface area contributed by atoms with Gasteiger partial charge in [0, 0.05) is 19.1 Å². The number of hydrogen-bond donors (Lipinski definition) is 0. The molecule has 2 aromatic rings. The average Bonchev–Trinajstić information content (AvgIpc) is 2.73. The SMILES string of the molecule is COc1cc2c(cc1OC)CN(C(=O)CN(C)C(C)c1ccc(F)c(F)c1)CC2. The molecule has 1 aliphatic rings. The van der Waals surface area contributed by atoms with Gasteiger partial charge in [-0.25, -0.2) is 8.78 Å². The summed E-state index contributed by atoms with van der Waals surface area (Å²) < 4.78 is 37.4. The van der Waals surface area contributed by atoms with E-state index in [-0.39, 0.29) is 18.5 Å². The quantitative estimate of drug-likeness (QED) is 0.738. The van der Waals surface area contributed by atoms with Crippen molar-refractivity contribution >= 4 is 5.91 Å². The summed E-state index contributed by atoms with van der Waals surface area (Å²) in [5.41, 5.74) is 2.81. The zero-order chi connectivity index (χ0) is 21.1. The highest BCUT2D eigenvalue weighted by Crippen LogP contribution is 2.33. The third kappa shape index (κ3) is 4.50. The van der Waals surface area contributed by atoms with Crippen LogP contribution in [0, 0.1) is 11.6 Å². The monoisotopic (exact) mass is 404 g/mol. The van der Waals surface area contributed by atoms with Crippen LogP contribution in [0.5, 0.6) is 11.5 Å². The van der Waals surface area contributed by atoms with Gasteiger partial charge in [-0.1, -0.05) is 6.07 Å². The number of ether oxygens (including phenoxy) is 2. The minimum atomic E-state index is -0.883. The fourth-order valence-corrected chi connectivity index (χ4v) is 3.57. The fraction of sp³-hybridized carbons (Fsp3) is 0.409. The smallest absolute Gasteiger partial charge is 0.237 e. The molecule has 156 valence electrons. The zero-order valence-electron chi connectivity index (χ0n) is 17.2. The van der Waals surface area contributed by atoms with Crippen LogP contribution in [0.3, 0.4) is 0 Å². The first-order valence-electron chi connectivity index (χ1n) is 9.50. The van der Waals surface area contributed by atoms with Crippen LogP contribution in [0.15, 0.2) is 30.3 Å². The Hall–Kier alpha value is -2.67. The topological polar surface area (TPSA) is 42.0 Å². The molecule has 0 saturated carbocycles. The molecule has 0 spiro atoms. The molecule has 0 radical (unpaired) electrons. The molecule has 5 nitrogen and oxygen atoms in total. The summed E-state index contributed by atoms with van der Waals surface area (Å²) in [6.45, 7) is 3.17. The number of rotatable bonds is 6. The van der Waals surface area contributed by atoms with E-state index < -0.39 is 11.6 Å². The molecule has 1 heterocycles. The van der Waals surface area contributed by atoms with Crippen molar-refractivity contribution in [3.05, 3.63) is 58.7 Å². The molecule has 3 rings (SSSR count). The van der Waals surface area contributed by atoms with Crippen molar-refractivity contribution in [1.29, 1.82) is 0 Å². The molecule has 1 aliphatic heterocycles. The van der Waals surface area contributed by atoms with E-state index in [2.05, 4.69) is 0 Å². The Labute approximate surface area is 169 Å². The second-order valence-corrected chi connectivity index (χ2v) is 7.31. The Bertz CT molecular complexity index is 904. The van der Waals surface area contributed by atoms with Crippen molar-refractivity contribution in [2.24, 2.45) is 0 Å². The van der Waals surface area contributed by atoms with E-state index in [9.17, 15) is 13.6 Å². The predicted molar refractivity (Wildman–Crippen MR) is 106 cm³/mol. The number of carbonyl (C=O) groups excluding carboxylic acids is 1. The number of halogens is 2. The average molecular weight is 404 g/mol. The van der Waals surface area contributed by atoms with Crippen LogP contribution in [0.2, 0.25) is 0 Å². The number of hydrogen-bond acceptors (Lipinski definition) is 4. The molecule has 0 aliphatic carbocycles. The van der Waals surface area contributed by atoms with Gasteiger partial charge in [0.05, 0.1) is 20.8 Å². The van der Waals surface area contributed by atoms with E-state index in [0.29, 0.717) is 30.2 Å². The zero-order valence-corrected chi connectivity index (χ0v) is 17.2. The summed E-state index contributed by atoms with van der Waals surface area (Å²) in [7, 11) is 4.99. The largest absolute Gasteiger partial charge is 0.493 e. The van der Waals surface area contributed by atoms with Crippen LogP contribution >= 0.6 is 0 Å². The Morgan fingerprint density at radius 3 is 2.38 bits per heavy atom. The number of fused-ring (bicyclic) bond motifs is 1. The molecule has 2 aromatic carbocycles. The molecule has 7 heteroatoms. The van der Waals surface area contributed by atoms with Crippen LogP contribution in [-0.4, -0.2) is 50.1 Å². The second-order valence-electron chi connectivity index (χ2n) is 7.31. The molecule has 0 N–H and O–H groups in total. The van der Waals surface area contributed by atoms with Gasteiger partial charge in [0.1, 0.15) is 0 Å². The minimum Gasteiger partial charge on any atom is -0.493 e. The third-order valence-corrected chi connectivity index (χ3v) is 5.54. The maximum atomic E-state index is 13.5. The lowest BCUT2D eigenvalue weighted by molar-refractivity contribution is -0.133. The summed E-state index contributed by atoms with van der Waals surface area (Å²) in [6.07, 6.45) is 0.740. The number of amides is 1. The van der Waals surface area contributed by atoms with E-state index in [1.165, 1.54) is 6.07 Å². The minimum absolute atomic E-state index is 0.0117. The van der Waals surface area contributed by atoms with Crippen molar-refractivity contribution in [2.75, 3.05) is 34.4 Å². The lowest BCUT2D eigenvalue weighted by Gasteiger charge is -2.32. The molecule has 0 fully saturated rings. The lowest BCUT2D eigenvalue weighted by Crippen LogP contribution is -2.42. The molecule has 0 saturated heterocycles. The third-order valence-electron chi connectivity index (χ3n) is 5.54. The summed E-state index contributed by atoms with van der Waals surface area (Å²) in [5, 5.41) is 0. The normalized spacial score (nSPS) is 14.5.